The van der Waals surface area contributed by atoms with Gasteiger partial charge in [0.15, 0.2) is 0 Å². The first kappa shape index (κ1) is 19.5. The van der Waals surface area contributed by atoms with Crippen LogP contribution in [0.3, 0.4) is 0 Å². The van der Waals surface area contributed by atoms with Gasteiger partial charge in [0.2, 0.25) is 11.6 Å². The third-order valence-electron chi connectivity index (χ3n) is 4.63. The molecule has 11 nitrogen and oxygen atoms in total. The van der Waals surface area contributed by atoms with Gasteiger partial charge in [0, 0.05) is 22.0 Å². The van der Waals surface area contributed by atoms with Crippen molar-refractivity contribution in [1.82, 2.24) is 30.8 Å². The summed E-state index contributed by atoms with van der Waals surface area (Å²) in [5.41, 5.74) is 2.33. The molecule has 0 atom stereocenters. The lowest BCUT2D eigenvalue weighted by atomic mass is 10.1. The van der Waals surface area contributed by atoms with Gasteiger partial charge in [-0.05, 0) is 35.5 Å². The van der Waals surface area contributed by atoms with Crippen molar-refractivity contribution in [2.75, 3.05) is 10.6 Å². The van der Waals surface area contributed by atoms with E-state index in [1.807, 2.05) is 6.07 Å². The van der Waals surface area contributed by atoms with Crippen molar-refractivity contribution < 1.29 is 14.1 Å². The summed E-state index contributed by atoms with van der Waals surface area (Å²) in [5.74, 6) is -0.498. The zero-order valence-corrected chi connectivity index (χ0v) is 16.8. The highest BCUT2D eigenvalue weighted by molar-refractivity contribution is 6.31. The van der Waals surface area contributed by atoms with Crippen LogP contribution in [0.1, 0.15) is 21.0 Å². The number of nitrogens with one attached hydrogen (secondary N) is 4. The van der Waals surface area contributed by atoms with Gasteiger partial charge >= 0.3 is 0 Å². The summed E-state index contributed by atoms with van der Waals surface area (Å²) in [6.45, 7) is 0. The zero-order valence-electron chi connectivity index (χ0n) is 16.1. The number of H-pyrrole nitrogens is 2. The molecule has 158 valence electrons. The minimum Gasteiger partial charge on any atom is -0.351 e. The number of carbonyl (C=O) groups is 2. The van der Waals surface area contributed by atoms with Crippen LogP contribution in [0.2, 0.25) is 5.02 Å². The van der Waals surface area contributed by atoms with E-state index in [4.69, 9.17) is 16.1 Å². The molecule has 3 heterocycles. The number of hydrogen-bond acceptors (Lipinski definition) is 7. The number of aromatic nitrogens is 6. The molecule has 0 bridgehead atoms. The molecular weight excluding hydrogens is 436 g/mol. The van der Waals surface area contributed by atoms with Crippen LogP contribution in [0.15, 0.2) is 59.3 Å². The fourth-order valence-electron chi connectivity index (χ4n) is 3.18. The molecule has 0 aliphatic rings. The number of hydrogen-bond donors (Lipinski definition) is 4. The normalized spacial score (nSPS) is 10.9. The number of amides is 2. The Hall–Kier alpha value is -4.51. The molecule has 32 heavy (non-hydrogen) atoms. The Morgan fingerprint density at radius 3 is 2.66 bits per heavy atom. The van der Waals surface area contributed by atoms with Crippen LogP contribution in [0.4, 0.5) is 11.4 Å². The van der Waals surface area contributed by atoms with Gasteiger partial charge in [-0.2, -0.15) is 5.21 Å². The first-order chi connectivity index (χ1) is 15.6. The Balaban J connectivity index is 1.44. The molecule has 2 amide bonds. The number of benzene rings is 2. The molecule has 2 aromatic carbocycles. The summed E-state index contributed by atoms with van der Waals surface area (Å²) in [4.78, 5) is 28.3. The Morgan fingerprint density at radius 1 is 1.00 bits per heavy atom. The topological polar surface area (TPSA) is 154 Å². The van der Waals surface area contributed by atoms with Crippen LogP contribution >= 0.6 is 11.6 Å². The number of fused-ring (bicyclic) bond motifs is 1. The Kier molecular flexibility index (Phi) is 4.84. The number of halogens is 1. The van der Waals surface area contributed by atoms with Crippen LogP contribution in [-0.4, -0.2) is 42.6 Å². The molecule has 0 unspecified atom stereocenters. The summed E-state index contributed by atoms with van der Waals surface area (Å²) in [7, 11) is 0. The van der Waals surface area contributed by atoms with Crippen LogP contribution in [0, 0.1) is 0 Å². The fraction of sp³-hybridized carbons (Fsp3) is 0. The maximum Gasteiger partial charge on any atom is 0.294 e. The van der Waals surface area contributed by atoms with Gasteiger partial charge in [0.1, 0.15) is 5.69 Å². The average molecular weight is 449 g/mol. The number of nitrogens with zero attached hydrogens (tertiary/aromatic N) is 4. The van der Waals surface area contributed by atoms with Gasteiger partial charge in [-0.15, -0.1) is 10.2 Å². The molecule has 5 rings (SSSR count). The third kappa shape index (κ3) is 3.68. The molecule has 4 N–H and O–H groups in total. The smallest absolute Gasteiger partial charge is 0.294 e. The minimum absolute atomic E-state index is 0.0725. The second-order valence-corrected chi connectivity index (χ2v) is 7.10. The van der Waals surface area contributed by atoms with Crippen molar-refractivity contribution in [2.24, 2.45) is 0 Å². The summed E-state index contributed by atoms with van der Waals surface area (Å²) in [5, 5.41) is 24.1. The highest BCUT2D eigenvalue weighted by Gasteiger charge is 2.17. The lowest BCUT2D eigenvalue weighted by Crippen LogP contribution is -2.13. The van der Waals surface area contributed by atoms with Gasteiger partial charge < -0.3 is 20.1 Å². The number of para-hydroxylation sites is 1. The molecule has 0 radical (unpaired) electrons. The SMILES string of the molecule is O=C(Nc1ccc(Cl)cc1-c1nn[nH]n1)c1cc2cccc(NC(=O)c3ccno3)c2[nH]1. The fourth-order valence-corrected chi connectivity index (χ4v) is 3.35. The van der Waals surface area contributed by atoms with Crippen LogP contribution < -0.4 is 10.6 Å². The van der Waals surface area contributed by atoms with E-state index in [2.05, 4.69) is 41.4 Å². The van der Waals surface area contributed by atoms with E-state index >= 15 is 0 Å². The third-order valence-corrected chi connectivity index (χ3v) is 4.86. The molecule has 3 aromatic heterocycles. The van der Waals surface area contributed by atoms with Crippen molar-refractivity contribution in [3.05, 3.63) is 71.2 Å². The number of tetrazole rings is 1. The average Bonchev–Trinajstić information content (AvgIpc) is 3.56. The van der Waals surface area contributed by atoms with Crippen molar-refractivity contribution >= 4 is 45.7 Å². The predicted octanol–water partition coefficient (Wildman–Crippen LogP) is 3.49. The highest BCUT2D eigenvalue weighted by Crippen LogP contribution is 2.29. The molecule has 0 spiro atoms. The summed E-state index contributed by atoms with van der Waals surface area (Å²) in [6.07, 6.45) is 1.38. The van der Waals surface area contributed by atoms with Crippen molar-refractivity contribution in [2.45, 2.75) is 0 Å². The lowest BCUT2D eigenvalue weighted by Gasteiger charge is -2.08. The zero-order chi connectivity index (χ0) is 22.1. The summed E-state index contributed by atoms with van der Waals surface area (Å²) >= 11 is 6.09. The Bertz CT molecular complexity index is 1430. The molecule has 0 fully saturated rings. The molecule has 5 aromatic rings. The second kappa shape index (κ2) is 7.96. The Labute approximate surface area is 184 Å². The second-order valence-electron chi connectivity index (χ2n) is 6.66. The van der Waals surface area contributed by atoms with Crippen molar-refractivity contribution in [1.29, 1.82) is 0 Å². The van der Waals surface area contributed by atoms with E-state index in [1.54, 1.807) is 36.4 Å². The van der Waals surface area contributed by atoms with Crippen molar-refractivity contribution in [3.63, 3.8) is 0 Å². The number of aromatic amines is 2. The van der Waals surface area contributed by atoms with Crippen LogP contribution in [-0.2, 0) is 0 Å². The van der Waals surface area contributed by atoms with Gasteiger partial charge in [-0.3, -0.25) is 9.59 Å². The Morgan fingerprint density at radius 2 is 1.88 bits per heavy atom. The predicted molar refractivity (Wildman–Crippen MR) is 115 cm³/mol. The number of rotatable bonds is 5. The quantitative estimate of drug-likeness (QED) is 0.320. The molecule has 12 heteroatoms. The van der Waals surface area contributed by atoms with E-state index < -0.39 is 11.8 Å². The maximum absolute atomic E-state index is 13.0. The van der Waals surface area contributed by atoms with Crippen molar-refractivity contribution in [3.8, 4) is 11.4 Å². The van der Waals surface area contributed by atoms with Crippen LogP contribution in [0.25, 0.3) is 22.3 Å². The van der Waals surface area contributed by atoms with E-state index in [9.17, 15) is 9.59 Å². The number of anilines is 2. The molecule has 0 aliphatic carbocycles. The maximum atomic E-state index is 13.0. The van der Waals surface area contributed by atoms with Gasteiger partial charge in [-0.1, -0.05) is 28.9 Å². The molecule has 0 saturated heterocycles. The molecular formula is C20H13ClN8O3. The van der Waals surface area contributed by atoms with Gasteiger partial charge in [0.25, 0.3) is 11.8 Å². The summed E-state index contributed by atoms with van der Waals surface area (Å²) in [6, 6.07) is 13.4. The number of carbonyl (C=O) groups excluding carboxylic acids is 2. The summed E-state index contributed by atoms with van der Waals surface area (Å²) < 4.78 is 4.88. The molecule has 0 aliphatic heterocycles. The van der Waals surface area contributed by atoms with E-state index in [0.29, 0.717) is 27.5 Å². The van der Waals surface area contributed by atoms with Crippen LogP contribution in [0.5, 0.6) is 0 Å². The van der Waals surface area contributed by atoms with E-state index in [1.165, 1.54) is 12.3 Å². The van der Waals surface area contributed by atoms with Gasteiger partial charge in [-0.25, -0.2) is 0 Å². The standard InChI is InChI=1S/C20H13ClN8O3/c21-11-4-5-13(12(9-11)18-26-28-29-27-18)24-19(30)15-8-10-2-1-3-14(17(10)23-15)25-20(31)16-6-7-22-32-16/h1-9,23H,(H,24,30)(H,25,31)(H,26,27,28,29). The largest absolute Gasteiger partial charge is 0.351 e. The minimum atomic E-state index is -0.457. The molecule has 0 saturated carbocycles. The van der Waals surface area contributed by atoms with E-state index in [0.717, 1.165) is 5.39 Å². The first-order valence-electron chi connectivity index (χ1n) is 9.27. The monoisotopic (exact) mass is 448 g/mol. The lowest BCUT2D eigenvalue weighted by molar-refractivity contribution is 0.0986. The first-order valence-corrected chi connectivity index (χ1v) is 9.65. The van der Waals surface area contributed by atoms with E-state index in [-0.39, 0.29) is 17.3 Å². The van der Waals surface area contributed by atoms with Gasteiger partial charge in [0.05, 0.1) is 23.1 Å². The highest BCUT2D eigenvalue weighted by atomic mass is 35.5.